The summed E-state index contributed by atoms with van der Waals surface area (Å²) < 4.78 is 5.93. The van der Waals surface area contributed by atoms with Gasteiger partial charge in [0.25, 0.3) is 5.91 Å². The van der Waals surface area contributed by atoms with Crippen LogP contribution in [0.2, 0.25) is 5.02 Å². The van der Waals surface area contributed by atoms with E-state index in [1.165, 1.54) is 18.5 Å². The van der Waals surface area contributed by atoms with Gasteiger partial charge < -0.3 is 19.7 Å². The molecule has 0 saturated carbocycles. The highest BCUT2D eigenvalue weighted by Gasteiger charge is 2.33. The Kier molecular flexibility index (Phi) is 6.18. The molecule has 0 bridgehead atoms. The molecule has 0 unspecified atom stereocenters. The number of aromatic hydroxyl groups is 1. The zero-order valence-corrected chi connectivity index (χ0v) is 17.4. The highest BCUT2D eigenvalue weighted by molar-refractivity contribution is 6.30. The molecular weight excluding hydrogens is 420 g/mol. The number of benzene rings is 1. The molecule has 3 aromatic rings. The molecule has 1 fully saturated rings. The fraction of sp³-hybridized carbons (Fsp3) is 0.273. The molecule has 0 spiro atoms. The molecule has 1 atom stereocenters. The smallest absolute Gasteiger partial charge is 0.253 e. The van der Waals surface area contributed by atoms with E-state index in [9.17, 15) is 14.7 Å². The van der Waals surface area contributed by atoms with Crippen LogP contribution in [0.1, 0.15) is 46.5 Å². The highest BCUT2D eigenvalue weighted by Crippen LogP contribution is 2.32. The molecule has 1 saturated heterocycles. The Bertz CT molecular complexity index is 1080. The van der Waals surface area contributed by atoms with E-state index < -0.39 is 5.91 Å². The zero-order valence-electron chi connectivity index (χ0n) is 16.6. The normalized spacial score (nSPS) is 15.8. The van der Waals surface area contributed by atoms with Crippen molar-refractivity contribution in [1.29, 1.82) is 0 Å². The lowest BCUT2D eigenvalue weighted by Gasteiger charge is -2.22. The van der Waals surface area contributed by atoms with Crippen LogP contribution in [0.25, 0.3) is 0 Å². The fourth-order valence-corrected chi connectivity index (χ4v) is 3.72. The summed E-state index contributed by atoms with van der Waals surface area (Å²) in [5.41, 5.74) is 1.24. The van der Waals surface area contributed by atoms with E-state index >= 15 is 0 Å². The van der Waals surface area contributed by atoms with Crippen LogP contribution in [-0.4, -0.2) is 44.9 Å². The Morgan fingerprint density at radius 1 is 1.23 bits per heavy atom. The number of amides is 2. The number of pyridine rings is 1. The number of nitrogens with one attached hydrogen (secondary N) is 1. The summed E-state index contributed by atoms with van der Waals surface area (Å²) in [6.07, 6.45) is 6.40. The first kappa shape index (κ1) is 20.9. The average Bonchev–Trinajstić information content (AvgIpc) is 3.43. The first-order valence-corrected chi connectivity index (χ1v) is 10.3. The first-order valence-electron chi connectivity index (χ1n) is 9.90. The maximum atomic E-state index is 12.7. The lowest BCUT2D eigenvalue weighted by Crippen LogP contribution is -2.40. The topological polar surface area (TPSA) is 109 Å². The van der Waals surface area contributed by atoms with E-state index in [2.05, 4.69) is 15.3 Å². The zero-order chi connectivity index (χ0) is 21.8. The second-order valence-electron chi connectivity index (χ2n) is 7.33. The number of rotatable bonds is 6. The second-order valence-corrected chi connectivity index (χ2v) is 7.76. The standard InChI is InChI=1S/C22H21ClN4O4/c23-16-5-3-14(4-6-16)8-18-12-26-22(31-18)19-2-1-7-27(19)20(29)13-25-21(30)15-9-17(28)11-24-10-15/h3-6,9-12,19,28H,1-2,7-8,13H2,(H,25,30)/t19-/m1/s1. The maximum Gasteiger partial charge on any atom is 0.253 e. The van der Waals surface area contributed by atoms with E-state index in [0.717, 1.165) is 18.4 Å². The summed E-state index contributed by atoms with van der Waals surface area (Å²) in [6.45, 7) is 0.408. The second kappa shape index (κ2) is 9.18. The molecule has 1 aliphatic rings. The molecule has 8 nitrogen and oxygen atoms in total. The van der Waals surface area contributed by atoms with Gasteiger partial charge in [-0.05, 0) is 36.6 Å². The summed E-state index contributed by atoms with van der Waals surface area (Å²) in [4.78, 5) is 34.8. The summed E-state index contributed by atoms with van der Waals surface area (Å²) >= 11 is 5.92. The van der Waals surface area contributed by atoms with Crippen molar-refractivity contribution in [2.24, 2.45) is 0 Å². The van der Waals surface area contributed by atoms with Crippen LogP contribution in [0.15, 0.2) is 53.3 Å². The van der Waals surface area contributed by atoms with Gasteiger partial charge in [0, 0.05) is 24.2 Å². The van der Waals surface area contributed by atoms with Gasteiger partial charge in [-0.3, -0.25) is 14.6 Å². The van der Waals surface area contributed by atoms with Crippen LogP contribution in [0.3, 0.4) is 0 Å². The number of carbonyl (C=O) groups excluding carboxylic acids is 2. The van der Waals surface area contributed by atoms with Crippen LogP contribution in [0.4, 0.5) is 0 Å². The molecule has 4 rings (SSSR count). The van der Waals surface area contributed by atoms with Crippen LogP contribution >= 0.6 is 11.6 Å². The van der Waals surface area contributed by atoms with Crippen LogP contribution < -0.4 is 5.32 Å². The molecule has 0 aliphatic carbocycles. The largest absolute Gasteiger partial charge is 0.506 e. The summed E-state index contributed by atoms with van der Waals surface area (Å²) in [7, 11) is 0. The van der Waals surface area contributed by atoms with Gasteiger partial charge in [-0.1, -0.05) is 23.7 Å². The lowest BCUT2D eigenvalue weighted by molar-refractivity contribution is -0.131. The van der Waals surface area contributed by atoms with E-state index in [4.69, 9.17) is 16.0 Å². The first-order chi connectivity index (χ1) is 15.0. The van der Waals surface area contributed by atoms with Crippen molar-refractivity contribution < 1.29 is 19.1 Å². The van der Waals surface area contributed by atoms with Crippen molar-refractivity contribution in [2.45, 2.75) is 25.3 Å². The average molecular weight is 441 g/mol. The van der Waals surface area contributed by atoms with Crippen molar-refractivity contribution in [2.75, 3.05) is 13.1 Å². The molecule has 31 heavy (non-hydrogen) atoms. The molecule has 3 heterocycles. The highest BCUT2D eigenvalue weighted by atomic mass is 35.5. The SMILES string of the molecule is O=C(NCC(=O)N1CCC[C@@H]1c1ncc(Cc2ccc(Cl)cc2)o1)c1cncc(O)c1. The molecule has 2 aromatic heterocycles. The van der Waals surface area contributed by atoms with Crippen molar-refractivity contribution >= 4 is 23.4 Å². The van der Waals surface area contributed by atoms with E-state index in [1.54, 1.807) is 11.1 Å². The summed E-state index contributed by atoms with van der Waals surface area (Å²) in [5.74, 6) is 0.395. The van der Waals surface area contributed by atoms with Crippen molar-refractivity contribution in [1.82, 2.24) is 20.2 Å². The van der Waals surface area contributed by atoms with E-state index in [-0.39, 0.29) is 29.8 Å². The molecule has 2 N–H and O–H groups in total. The minimum absolute atomic E-state index is 0.114. The Balaban J connectivity index is 1.37. The molecule has 160 valence electrons. The fourth-order valence-electron chi connectivity index (χ4n) is 3.60. The number of halogens is 1. The Morgan fingerprint density at radius 2 is 2.03 bits per heavy atom. The monoisotopic (exact) mass is 440 g/mol. The number of hydrogen-bond donors (Lipinski definition) is 2. The third-order valence-electron chi connectivity index (χ3n) is 5.11. The number of nitrogens with zero attached hydrogens (tertiary/aromatic N) is 3. The number of hydrogen-bond acceptors (Lipinski definition) is 6. The van der Waals surface area contributed by atoms with Crippen molar-refractivity contribution in [3.8, 4) is 5.75 Å². The minimum Gasteiger partial charge on any atom is -0.506 e. The van der Waals surface area contributed by atoms with E-state index in [0.29, 0.717) is 29.6 Å². The van der Waals surface area contributed by atoms with Gasteiger partial charge >= 0.3 is 0 Å². The Hall–Kier alpha value is -3.39. The Morgan fingerprint density at radius 3 is 2.81 bits per heavy atom. The van der Waals surface area contributed by atoms with Crippen LogP contribution in [0.5, 0.6) is 5.75 Å². The van der Waals surface area contributed by atoms with Gasteiger partial charge in [-0.25, -0.2) is 4.98 Å². The number of likely N-dealkylation sites (tertiary alicyclic amines) is 1. The predicted molar refractivity (Wildman–Crippen MR) is 113 cm³/mol. The molecule has 0 radical (unpaired) electrons. The van der Waals surface area contributed by atoms with Crippen molar-refractivity contribution in [3.05, 3.63) is 76.7 Å². The van der Waals surface area contributed by atoms with E-state index in [1.807, 2.05) is 24.3 Å². The summed E-state index contributed by atoms with van der Waals surface area (Å²) in [6, 6.07) is 8.55. The van der Waals surface area contributed by atoms with Gasteiger partial charge in [-0.2, -0.15) is 0 Å². The number of oxazole rings is 1. The third-order valence-corrected chi connectivity index (χ3v) is 5.36. The van der Waals surface area contributed by atoms with Gasteiger partial charge in [0.1, 0.15) is 17.6 Å². The van der Waals surface area contributed by atoms with Gasteiger partial charge in [0.15, 0.2) is 0 Å². The molecule has 9 heteroatoms. The third kappa shape index (κ3) is 5.03. The molecule has 2 amide bonds. The molecular formula is C22H21ClN4O4. The minimum atomic E-state index is -0.478. The lowest BCUT2D eigenvalue weighted by atomic mass is 10.1. The number of aromatic nitrogens is 2. The van der Waals surface area contributed by atoms with Gasteiger partial charge in [0.2, 0.25) is 11.8 Å². The summed E-state index contributed by atoms with van der Waals surface area (Å²) in [5, 5.41) is 12.7. The molecule has 1 aromatic carbocycles. The molecule has 1 aliphatic heterocycles. The van der Waals surface area contributed by atoms with Gasteiger partial charge in [-0.15, -0.1) is 0 Å². The predicted octanol–water partition coefficient (Wildman–Crippen LogP) is 3.11. The van der Waals surface area contributed by atoms with Crippen molar-refractivity contribution in [3.63, 3.8) is 0 Å². The number of carbonyl (C=O) groups is 2. The van der Waals surface area contributed by atoms with Gasteiger partial charge in [0.05, 0.1) is 24.5 Å². The Labute approximate surface area is 183 Å². The van der Waals surface area contributed by atoms with Crippen LogP contribution in [0, 0.1) is 0 Å². The maximum absolute atomic E-state index is 12.7. The quantitative estimate of drug-likeness (QED) is 0.609. The van der Waals surface area contributed by atoms with Crippen LogP contribution in [-0.2, 0) is 11.2 Å².